The van der Waals surface area contributed by atoms with Gasteiger partial charge in [0.05, 0.1) is 11.5 Å². The topological polar surface area (TPSA) is 26.3 Å². The third-order valence-corrected chi connectivity index (χ3v) is 5.16. The van der Waals surface area contributed by atoms with Gasteiger partial charge in [0.2, 0.25) is 5.78 Å². The summed E-state index contributed by atoms with van der Waals surface area (Å²) in [5.74, 6) is 1.10. The summed E-state index contributed by atoms with van der Waals surface area (Å²) >= 11 is 1.68. The van der Waals surface area contributed by atoms with Gasteiger partial charge in [-0.3, -0.25) is 4.79 Å². The first kappa shape index (κ1) is 11.2. The fourth-order valence-corrected chi connectivity index (χ4v) is 4.13. The summed E-state index contributed by atoms with van der Waals surface area (Å²) in [5, 5.41) is 0. The zero-order valence-corrected chi connectivity index (χ0v) is 11.4. The lowest BCUT2D eigenvalue weighted by molar-refractivity contribution is 0.104. The van der Waals surface area contributed by atoms with Gasteiger partial charge >= 0.3 is 0 Å². The number of fused-ring (bicyclic) bond motifs is 2. The van der Waals surface area contributed by atoms with Crippen molar-refractivity contribution in [1.29, 1.82) is 0 Å². The summed E-state index contributed by atoms with van der Waals surface area (Å²) in [7, 11) is 0. The molecule has 0 N–H and O–H groups in total. The summed E-state index contributed by atoms with van der Waals surface area (Å²) in [6.07, 6.45) is 4.44. The lowest BCUT2D eigenvalue weighted by atomic mass is 10.0. The van der Waals surface area contributed by atoms with Gasteiger partial charge in [-0.1, -0.05) is 0 Å². The minimum Gasteiger partial charge on any atom is -0.493 e. The monoisotopic (exact) mass is 270 g/mol. The second-order valence-electron chi connectivity index (χ2n) is 5.16. The highest BCUT2D eigenvalue weighted by Gasteiger charge is 2.21. The van der Waals surface area contributed by atoms with Crippen molar-refractivity contribution in [3.8, 4) is 5.75 Å². The van der Waals surface area contributed by atoms with E-state index in [1.165, 1.54) is 16.9 Å². The molecule has 4 rings (SSSR count). The molecule has 0 saturated heterocycles. The number of rotatable bonds is 2. The molecule has 0 radical (unpaired) electrons. The molecule has 2 heterocycles. The van der Waals surface area contributed by atoms with E-state index >= 15 is 0 Å². The predicted octanol–water partition coefficient (Wildman–Crippen LogP) is 3.40. The second kappa shape index (κ2) is 4.20. The first-order valence-electron chi connectivity index (χ1n) is 6.73. The highest BCUT2D eigenvalue weighted by atomic mass is 32.1. The van der Waals surface area contributed by atoms with Crippen LogP contribution in [-0.2, 0) is 19.3 Å². The second-order valence-corrected chi connectivity index (χ2v) is 6.30. The SMILES string of the molecule is O=C(c1ccc2c(c1)CCO2)c1cc2c(s1)CCC2. The van der Waals surface area contributed by atoms with E-state index in [4.69, 9.17) is 4.74 Å². The molecule has 1 aromatic carbocycles. The average Bonchev–Trinajstić information content (AvgIpc) is 3.11. The number of aryl methyl sites for hydroxylation is 2. The van der Waals surface area contributed by atoms with Crippen molar-refractivity contribution in [1.82, 2.24) is 0 Å². The zero-order chi connectivity index (χ0) is 12.8. The lowest BCUT2D eigenvalue weighted by Crippen LogP contribution is -1.99. The Morgan fingerprint density at radius 3 is 2.95 bits per heavy atom. The number of hydrogen-bond donors (Lipinski definition) is 0. The van der Waals surface area contributed by atoms with Gasteiger partial charge < -0.3 is 4.74 Å². The fraction of sp³-hybridized carbons (Fsp3) is 0.312. The Balaban J connectivity index is 1.69. The minimum atomic E-state index is 0.161. The molecule has 1 aliphatic carbocycles. The van der Waals surface area contributed by atoms with Crippen LogP contribution in [0.1, 0.15) is 37.7 Å². The Hall–Kier alpha value is -1.61. The Morgan fingerprint density at radius 2 is 2.05 bits per heavy atom. The van der Waals surface area contributed by atoms with Gasteiger partial charge in [0.25, 0.3) is 0 Å². The van der Waals surface area contributed by atoms with Crippen LogP contribution in [0.2, 0.25) is 0 Å². The summed E-state index contributed by atoms with van der Waals surface area (Å²) in [6, 6.07) is 7.91. The van der Waals surface area contributed by atoms with E-state index < -0.39 is 0 Å². The first-order valence-corrected chi connectivity index (χ1v) is 7.55. The van der Waals surface area contributed by atoms with Crippen LogP contribution in [0, 0.1) is 0 Å². The van der Waals surface area contributed by atoms with E-state index in [9.17, 15) is 4.79 Å². The fourth-order valence-electron chi connectivity index (χ4n) is 2.91. The first-order chi connectivity index (χ1) is 9.31. The van der Waals surface area contributed by atoms with Gasteiger partial charge in [0.1, 0.15) is 5.75 Å². The molecule has 2 aliphatic rings. The van der Waals surface area contributed by atoms with Crippen LogP contribution >= 0.6 is 11.3 Å². The van der Waals surface area contributed by atoms with Crippen LogP contribution in [0.25, 0.3) is 0 Å². The van der Waals surface area contributed by atoms with Crippen LogP contribution in [0.4, 0.5) is 0 Å². The van der Waals surface area contributed by atoms with Crippen LogP contribution in [-0.4, -0.2) is 12.4 Å². The maximum atomic E-state index is 12.5. The summed E-state index contributed by atoms with van der Waals surface area (Å²) < 4.78 is 5.48. The molecular weight excluding hydrogens is 256 g/mol. The van der Waals surface area contributed by atoms with Crippen LogP contribution < -0.4 is 4.74 Å². The number of ether oxygens (including phenoxy) is 1. The Bertz CT molecular complexity index is 648. The molecule has 0 fully saturated rings. The molecule has 0 unspecified atom stereocenters. The van der Waals surface area contributed by atoms with Crippen LogP contribution in [0.3, 0.4) is 0 Å². The molecule has 1 aromatic heterocycles. The van der Waals surface area contributed by atoms with Crippen molar-refractivity contribution in [3.63, 3.8) is 0 Å². The smallest absolute Gasteiger partial charge is 0.202 e. The van der Waals surface area contributed by atoms with Crippen molar-refractivity contribution in [2.24, 2.45) is 0 Å². The normalized spacial score (nSPS) is 16.0. The van der Waals surface area contributed by atoms with Gasteiger partial charge in [-0.15, -0.1) is 11.3 Å². The third-order valence-electron chi connectivity index (χ3n) is 3.92. The molecule has 3 heteroatoms. The van der Waals surface area contributed by atoms with E-state index in [1.54, 1.807) is 11.3 Å². The van der Waals surface area contributed by atoms with E-state index in [1.807, 2.05) is 18.2 Å². The number of ketones is 1. The van der Waals surface area contributed by atoms with Crippen molar-refractivity contribution in [2.45, 2.75) is 25.7 Å². The molecule has 0 spiro atoms. The maximum absolute atomic E-state index is 12.5. The van der Waals surface area contributed by atoms with Crippen molar-refractivity contribution in [2.75, 3.05) is 6.61 Å². The molecule has 0 atom stereocenters. The Morgan fingerprint density at radius 1 is 1.11 bits per heavy atom. The van der Waals surface area contributed by atoms with Crippen molar-refractivity contribution in [3.05, 3.63) is 50.7 Å². The van der Waals surface area contributed by atoms with Gasteiger partial charge in [0.15, 0.2) is 0 Å². The number of thiophene rings is 1. The summed E-state index contributed by atoms with van der Waals surface area (Å²) in [6.45, 7) is 0.736. The molecule has 0 bridgehead atoms. The van der Waals surface area contributed by atoms with E-state index in [2.05, 4.69) is 6.07 Å². The number of carbonyl (C=O) groups is 1. The Kier molecular flexibility index (Phi) is 2.49. The zero-order valence-electron chi connectivity index (χ0n) is 10.6. The molecule has 0 amide bonds. The minimum absolute atomic E-state index is 0.161. The van der Waals surface area contributed by atoms with Gasteiger partial charge in [-0.05, 0) is 54.7 Å². The van der Waals surface area contributed by atoms with Crippen molar-refractivity contribution < 1.29 is 9.53 Å². The molecule has 2 aromatic rings. The van der Waals surface area contributed by atoms with Crippen LogP contribution in [0.5, 0.6) is 5.75 Å². The highest BCUT2D eigenvalue weighted by Crippen LogP contribution is 2.33. The lowest BCUT2D eigenvalue weighted by Gasteiger charge is -2.02. The molecular formula is C16H14O2S. The van der Waals surface area contributed by atoms with Gasteiger partial charge in [0, 0.05) is 16.9 Å². The number of benzene rings is 1. The standard InChI is InChI=1S/C16H14O2S/c17-16(15-9-11-2-1-3-14(11)19-15)12-4-5-13-10(8-12)6-7-18-13/h4-5,8-9H,1-3,6-7H2. The Labute approximate surface area is 116 Å². The molecule has 19 heavy (non-hydrogen) atoms. The number of carbonyl (C=O) groups excluding carboxylic acids is 1. The van der Waals surface area contributed by atoms with Gasteiger partial charge in [-0.25, -0.2) is 0 Å². The summed E-state index contributed by atoms with van der Waals surface area (Å²) in [4.78, 5) is 14.8. The van der Waals surface area contributed by atoms with Gasteiger partial charge in [-0.2, -0.15) is 0 Å². The third kappa shape index (κ3) is 1.80. The largest absolute Gasteiger partial charge is 0.493 e. The number of hydrogen-bond acceptors (Lipinski definition) is 3. The molecule has 96 valence electrons. The highest BCUT2D eigenvalue weighted by molar-refractivity contribution is 7.14. The summed E-state index contributed by atoms with van der Waals surface area (Å²) in [5.41, 5.74) is 3.34. The molecule has 2 nitrogen and oxygen atoms in total. The van der Waals surface area contributed by atoms with E-state index in [-0.39, 0.29) is 5.78 Å². The molecule has 0 saturated carbocycles. The van der Waals surface area contributed by atoms with E-state index in [0.717, 1.165) is 47.6 Å². The predicted molar refractivity (Wildman–Crippen MR) is 75.4 cm³/mol. The van der Waals surface area contributed by atoms with Crippen LogP contribution in [0.15, 0.2) is 24.3 Å². The maximum Gasteiger partial charge on any atom is 0.202 e. The average molecular weight is 270 g/mol. The molecule has 1 aliphatic heterocycles. The van der Waals surface area contributed by atoms with Crippen molar-refractivity contribution >= 4 is 17.1 Å². The quantitative estimate of drug-likeness (QED) is 0.782. The van der Waals surface area contributed by atoms with E-state index in [0.29, 0.717) is 0 Å².